The van der Waals surface area contributed by atoms with Gasteiger partial charge in [0.05, 0.1) is 26.5 Å². The number of methoxy groups -OCH3 is 2. The van der Waals surface area contributed by atoms with Crippen molar-refractivity contribution in [1.29, 1.82) is 0 Å². The molecule has 1 aliphatic heterocycles. The number of hydrogen-bond donors (Lipinski definition) is 1. The number of benzene rings is 1. The molecular weight excluding hydrogens is 348 g/mol. The summed E-state index contributed by atoms with van der Waals surface area (Å²) < 4.78 is 15.9. The fourth-order valence-corrected chi connectivity index (χ4v) is 3.44. The molecule has 144 valence electrons. The molecule has 2 aromatic rings. The third-order valence-electron chi connectivity index (χ3n) is 4.79. The lowest BCUT2D eigenvalue weighted by Gasteiger charge is -2.29. The highest BCUT2D eigenvalue weighted by molar-refractivity contribution is 5.95. The third kappa shape index (κ3) is 3.92. The predicted octanol–water partition coefficient (Wildman–Crippen LogP) is 2.78. The summed E-state index contributed by atoms with van der Waals surface area (Å²) in [4.78, 5) is 27.0. The Kier molecular flexibility index (Phi) is 5.69. The van der Waals surface area contributed by atoms with E-state index in [1.165, 1.54) is 6.26 Å². The molecule has 1 N–H and O–H groups in total. The highest BCUT2D eigenvalue weighted by Gasteiger charge is 2.34. The number of amides is 2. The van der Waals surface area contributed by atoms with Crippen LogP contribution in [0.2, 0.25) is 0 Å². The van der Waals surface area contributed by atoms with Crippen LogP contribution in [0.15, 0.2) is 41.0 Å². The van der Waals surface area contributed by atoms with Crippen molar-refractivity contribution in [3.63, 3.8) is 0 Å². The monoisotopic (exact) mass is 372 g/mol. The van der Waals surface area contributed by atoms with E-state index in [9.17, 15) is 9.59 Å². The van der Waals surface area contributed by atoms with Crippen molar-refractivity contribution in [3.8, 4) is 11.5 Å². The summed E-state index contributed by atoms with van der Waals surface area (Å²) in [6, 6.07) is 7.98. The summed E-state index contributed by atoms with van der Waals surface area (Å²) in [5.74, 6) is 1.07. The molecule has 1 saturated heterocycles. The largest absolute Gasteiger partial charge is 0.497 e. The molecule has 7 nitrogen and oxygen atoms in total. The molecule has 2 atom stereocenters. The van der Waals surface area contributed by atoms with Crippen LogP contribution in [0.25, 0.3) is 0 Å². The molecule has 1 fully saturated rings. The minimum atomic E-state index is -0.667. The van der Waals surface area contributed by atoms with Crippen LogP contribution in [-0.2, 0) is 4.79 Å². The molecule has 0 saturated carbocycles. The zero-order valence-electron chi connectivity index (χ0n) is 15.7. The van der Waals surface area contributed by atoms with Gasteiger partial charge in [-0.2, -0.15) is 0 Å². The SMILES string of the molecule is COc1ccc(OC)c([C@H]2CCCN2C(=O)[C@@H](C)NC(=O)c2ccco2)c1. The Hall–Kier alpha value is -2.96. The number of carbonyl (C=O) groups excluding carboxylic acids is 2. The number of ether oxygens (including phenoxy) is 2. The van der Waals surface area contributed by atoms with E-state index in [-0.39, 0.29) is 17.7 Å². The first kappa shape index (κ1) is 18.8. The van der Waals surface area contributed by atoms with Gasteiger partial charge in [0.2, 0.25) is 5.91 Å². The minimum Gasteiger partial charge on any atom is -0.497 e. The summed E-state index contributed by atoms with van der Waals surface area (Å²) in [6.07, 6.45) is 3.14. The highest BCUT2D eigenvalue weighted by atomic mass is 16.5. The van der Waals surface area contributed by atoms with Crippen molar-refractivity contribution in [1.82, 2.24) is 10.2 Å². The second-order valence-electron chi connectivity index (χ2n) is 6.47. The minimum absolute atomic E-state index is 0.120. The summed E-state index contributed by atoms with van der Waals surface area (Å²) >= 11 is 0. The maximum absolute atomic E-state index is 13.0. The van der Waals surface area contributed by atoms with Gasteiger partial charge in [-0.15, -0.1) is 0 Å². The summed E-state index contributed by atoms with van der Waals surface area (Å²) in [7, 11) is 3.22. The Morgan fingerprint density at radius 3 is 2.74 bits per heavy atom. The first-order valence-electron chi connectivity index (χ1n) is 8.92. The number of nitrogens with one attached hydrogen (secondary N) is 1. The van der Waals surface area contributed by atoms with Gasteiger partial charge < -0.3 is 24.1 Å². The van der Waals surface area contributed by atoms with Crippen molar-refractivity contribution in [2.75, 3.05) is 20.8 Å². The number of hydrogen-bond acceptors (Lipinski definition) is 5. The van der Waals surface area contributed by atoms with Gasteiger partial charge in [-0.25, -0.2) is 0 Å². The van der Waals surface area contributed by atoms with E-state index in [1.54, 1.807) is 38.2 Å². The third-order valence-corrected chi connectivity index (χ3v) is 4.79. The number of likely N-dealkylation sites (tertiary alicyclic amines) is 1. The Morgan fingerprint density at radius 1 is 1.26 bits per heavy atom. The molecule has 2 amide bonds. The molecule has 0 bridgehead atoms. The van der Waals surface area contributed by atoms with E-state index in [1.807, 2.05) is 18.2 Å². The van der Waals surface area contributed by atoms with Crippen LogP contribution in [0, 0.1) is 0 Å². The fourth-order valence-electron chi connectivity index (χ4n) is 3.44. The van der Waals surface area contributed by atoms with E-state index >= 15 is 0 Å². The second-order valence-corrected chi connectivity index (χ2v) is 6.47. The van der Waals surface area contributed by atoms with Crippen molar-refractivity contribution >= 4 is 11.8 Å². The van der Waals surface area contributed by atoms with E-state index in [2.05, 4.69) is 5.32 Å². The fraction of sp³-hybridized carbons (Fsp3) is 0.400. The van der Waals surface area contributed by atoms with Gasteiger partial charge in [-0.1, -0.05) is 0 Å². The van der Waals surface area contributed by atoms with E-state index < -0.39 is 11.9 Å². The Morgan fingerprint density at radius 2 is 2.07 bits per heavy atom. The molecule has 7 heteroatoms. The number of nitrogens with zero attached hydrogens (tertiary/aromatic N) is 1. The lowest BCUT2D eigenvalue weighted by atomic mass is 10.0. The summed E-state index contributed by atoms with van der Waals surface area (Å²) in [6.45, 7) is 2.31. The highest BCUT2D eigenvalue weighted by Crippen LogP contribution is 2.39. The molecular formula is C20H24N2O5. The average Bonchev–Trinajstić information content (AvgIpc) is 3.38. The van der Waals surface area contributed by atoms with Crippen LogP contribution < -0.4 is 14.8 Å². The Balaban J connectivity index is 1.77. The van der Waals surface area contributed by atoms with Crippen LogP contribution in [0.4, 0.5) is 0 Å². The lowest BCUT2D eigenvalue weighted by molar-refractivity contribution is -0.133. The van der Waals surface area contributed by atoms with Gasteiger partial charge in [0, 0.05) is 12.1 Å². The average molecular weight is 372 g/mol. The number of furan rings is 1. The van der Waals surface area contributed by atoms with Crippen molar-refractivity contribution in [2.24, 2.45) is 0 Å². The van der Waals surface area contributed by atoms with Gasteiger partial charge in [0.1, 0.15) is 17.5 Å². The Bertz CT molecular complexity index is 803. The zero-order valence-corrected chi connectivity index (χ0v) is 15.7. The molecule has 2 heterocycles. The molecule has 0 spiro atoms. The summed E-state index contributed by atoms with van der Waals surface area (Å²) in [5, 5.41) is 2.70. The van der Waals surface area contributed by atoms with E-state index in [0.717, 1.165) is 18.4 Å². The van der Waals surface area contributed by atoms with E-state index in [0.29, 0.717) is 18.0 Å². The van der Waals surface area contributed by atoms with E-state index in [4.69, 9.17) is 13.9 Å². The standard InChI is InChI=1S/C20H24N2O5/c1-13(21-19(23)18-7-5-11-27-18)20(24)22-10-4-6-16(22)15-12-14(25-2)8-9-17(15)26-3/h5,7-9,11-13,16H,4,6,10H2,1-3H3,(H,21,23)/t13-,16-/m1/s1. The molecule has 1 aromatic carbocycles. The molecule has 0 radical (unpaired) electrons. The number of carbonyl (C=O) groups is 2. The molecule has 1 aromatic heterocycles. The normalized spacial score (nSPS) is 17.4. The zero-order chi connectivity index (χ0) is 19.4. The molecule has 27 heavy (non-hydrogen) atoms. The first-order valence-corrected chi connectivity index (χ1v) is 8.92. The van der Waals surface area contributed by atoms with Crippen molar-refractivity contribution in [2.45, 2.75) is 31.8 Å². The predicted molar refractivity (Wildman–Crippen MR) is 98.9 cm³/mol. The van der Waals surface area contributed by atoms with Gasteiger partial charge >= 0.3 is 0 Å². The van der Waals surface area contributed by atoms with Gasteiger partial charge in [-0.05, 0) is 50.1 Å². The van der Waals surface area contributed by atoms with Crippen LogP contribution in [0.5, 0.6) is 11.5 Å². The molecule has 3 rings (SSSR count). The van der Waals surface area contributed by atoms with Crippen LogP contribution >= 0.6 is 0 Å². The lowest BCUT2D eigenvalue weighted by Crippen LogP contribution is -2.46. The quantitative estimate of drug-likeness (QED) is 0.843. The molecule has 0 unspecified atom stereocenters. The maximum atomic E-state index is 13.0. The van der Waals surface area contributed by atoms with Crippen LogP contribution in [0.1, 0.15) is 41.9 Å². The molecule has 0 aliphatic carbocycles. The maximum Gasteiger partial charge on any atom is 0.287 e. The topological polar surface area (TPSA) is 81.0 Å². The van der Waals surface area contributed by atoms with Crippen molar-refractivity contribution < 1.29 is 23.5 Å². The summed E-state index contributed by atoms with van der Waals surface area (Å²) in [5.41, 5.74) is 0.910. The van der Waals surface area contributed by atoms with Crippen LogP contribution in [0.3, 0.4) is 0 Å². The van der Waals surface area contributed by atoms with Gasteiger partial charge in [-0.3, -0.25) is 9.59 Å². The van der Waals surface area contributed by atoms with Crippen molar-refractivity contribution in [3.05, 3.63) is 47.9 Å². The first-order chi connectivity index (χ1) is 13.0. The number of rotatable bonds is 6. The van der Waals surface area contributed by atoms with Gasteiger partial charge in [0.15, 0.2) is 5.76 Å². The second kappa shape index (κ2) is 8.16. The smallest absolute Gasteiger partial charge is 0.287 e. The molecule has 1 aliphatic rings. The van der Waals surface area contributed by atoms with Gasteiger partial charge in [0.25, 0.3) is 5.91 Å². The van der Waals surface area contributed by atoms with Crippen LogP contribution in [-0.4, -0.2) is 43.5 Å². The Labute approximate surface area is 158 Å².